The fraction of sp³-hybridized carbons (Fsp3) is 0.238. The van der Waals surface area contributed by atoms with E-state index >= 15 is 0 Å². The van der Waals surface area contributed by atoms with Crippen LogP contribution in [0.3, 0.4) is 0 Å². The Morgan fingerprint density at radius 3 is 2.68 bits per heavy atom. The molecule has 0 unspecified atom stereocenters. The summed E-state index contributed by atoms with van der Waals surface area (Å²) < 4.78 is 5.23. The van der Waals surface area contributed by atoms with E-state index < -0.39 is 0 Å². The van der Waals surface area contributed by atoms with Crippen molar-refractivity contribution < 1.29 is 14.3 Å². The Morgan fingerprint density at radius 1 is 1.18 bits per heavy atom. The summed E-state index contributed by atoms with van der Waals surface area (Å²) >= 11 is 5.99. The first kappa shape index (κ1) is 19.9. The van der Waals surface area contributed by atoms with Crippen LogP contribution in [0.4, 0.5) is 5.69 Å². The molecule has 0 radical (unpaired) electrons. The number of ketones is 1. The van der Waals surface area contributed by atoms with E-state index in [9.17, 15) is 9.59 Å². The Morgan fingerprint density at radius 2 is 1.93 bits per heavy atom. The molecule has 3 aromatic rings. The second-order valence-corrected chi connectivity index (χ2v) is 7.10. The van der Waals surface area contributed by atoms with Gasteiger partial charge in [0, 0.05) is 27.2 Å². The number of likely N-dealkylation sites (N-methyl/N-ethyl adjacent to an activating group) is 1. The summed E-state index contributed by atoms with van der Waals surface area (Å²) in [5.41, 5.74) is 2.91. The lowest BCUT2D eigenvalue weighted by atomic mass is 10.1. The number of aromatic amines is 1. The van der Waals surface area contributed by atoms with E-state index in [2.05, 4.69) is 10.3 Å². The minimum absolute atomic E-state index is 0.0365. The standard InChI is InChI=1S/C21H22ClN3O3/c1-13-21(15-6-4-5-7-16(15)23-13)18(26)11-25(2)12-20(27)24-17-10-14(22)8-9-19(17)28-3/h4-10,23H,11-12H2,1-3H3,(H,24,27). The van der Waals surface area contributed by atoms with Crippen molar-refractivity contribution in [2.24, 2.45) is 0 Å². The number of aromatic nitrogens is 1. The number of hydrogen-bond donors (Lipinski definition) is 2. The summed E-state index contributed by atoms with van der Waals surface area (Å²) in [6.07, 6.45) is 0. The van der Waals surface area contributed by atoms with Crippen LogP contribution in [0.5, 0.6) is 5.75 Å². The number of para-hydroxylation sites is 1. The van der Waals surface area contributed by atoms with Gasteiger partial charge in [-0.05, 0) is 38.2 Å². The molecule has 146 valence electrons. The molecule has 7 heteroatoms. The maximum Gasteiger partial charge on any atom is 0.238 e. The molecule has 0 spiro atoms. The zero-order valence-electron chi connectivity index (χ0n) is 16.0. The van der Waals surface area contributed by atoms with Crippen LogP contribution in [0.15, 0.2) is 42.5 Å². The smallest absolute Gasteiger partial charge is 0.238 e. The number of rotatable bonds is 7. The van der Waals surface area contributed by atoms with Crippen LogP contribution in [0.2, 0.25) is 5.02 Å². The van der Waals surface area contributed by atoms with Gasteiger partial charge in [-0.3, -0.25) is 14.5 Å². The van der Waals surface area contributed by atoms with Gasteiger partial charge in [0.1, 0.15) is 5.75 Å². The van der Waals surface area contributed by atoms with Crippen molar-refractivity contribution in [3.05, 3.63) is 58.7 Å². The summed E-state index contributed by atoms with van der Waals surface area (Å²) in [6, 6.07) is 12.7. The van der Waals surface area contributed by atoms with E-state index in [1.807, 2.05) is 31.2 Å². The van der Waals surface area contributed by atoms with E-state index in [1.165, 1.54) is 7.11 Å². The van der Waals surface area contributed by atoms with Crippen molar-refractivity contribution in [3.8, 4) is 5.75 Å². The third-order valence-corrected chi connectivity index (χ3v) is 4.67. The Balaban J connectivity index is 1.66. The predicted octanol–water partition coefficient (Wildman–Crippen LogP) is 3.89. The third-order valence-electron chi connectivity index (χ3n) is 4.44. The number of aryl methyl sites for hydroxylation is 1. The first-order valence-corrected chi connectivity index (χ1v) is 9.19. The van der Waals surface area contributed by atoms with Gasteiger partial charge < -0.3 is 15.0 Å². The van der Waals surface area contributed by atoms with Gasteiger partial charge in [-0.15, -0.1) is 0 Å². The minimum atomic E-state index is -0.258. The third kappa shape index (κ3) is 4.35. The molecule has 0 aliphatic rings. The van der Waals surface area contributed by atoms with Crippen molar-refractivity contribution >= 4 is 39.9 Å². The molecule has 2 N–H and O–H groups in total. The number of ether oxygens (including phenoxy) is 1. The van der Waals surface area contributed by atoms with Gasteiger partial charge in [0.25, 0.3) is 0 Å². The topological polar surface area (TPSA) is 74.4 Å². The number of nitrogens with zero attached hydrogens (tertiary/aromatic N) is 1. The van der Waals surface area contributed by atoms with Gasteiger partial charge >= 0.3 is 0 Å². The van der Waals surface area contributed by atoms with Gasteiger partial charge in [-0.25, -0.2) is 0 Å². The molecule has 0 fully saturated rings. The molecule has 0 aliphatic heterocycles. The number of fused-ring (bicyclic) bond motifs is 1. The normalized spacial score (nSPS) is 11.0. The molecule has 28 heavy (non-hydrogen) atoms. The SMILES string of the molecule is COc1ccc(Cl)cc1NC(=O)CN(C)CC(=O)c1c(C)[nH]c2ccccc12. The summed E-state index contributed by atoms with van der Waals surface area (Å²) in [5, 5.41) is 4.16. The van der Waals surface area contributed by atoms with Crippen molar-refractivity contribution in [2.75, 3.05) is 32.6 Å². The first-order valence-electron chi connectivity index (χ1n) is 8.81. The van der Waals surface area contributed by atoms with Crippen LogP contribution >= 0.6 is 11.6 Å². The largest absolute Gasteiger partial charge is 0.495 e. The zero-order chi connectivity index (χ0) is 20.3. The Hall–Kier alpha value is -2.83. The van der Waals surface area contributed by atoms with E-state index in [-0.39, 0.29) is 24.8 Å². The van der Waals surface area contributed by atoms with Gasteiger partial charge in [-0.1, -0.05) is 29.8 Å². The maximum atomic E-state index is 12.8. The van der Waals surface area contributed by atoms with Crippen LogP contribution in [0.1, 0.15) is 16.1 Å². The predicted molar refractivity (Wildman–Crippen MR) is 111 cm³/mol. The molecule has 0 atom stereocenters. The van der Waals surface area contributed by atoms with E-state index in [4.69, 9.17) is 16.3 Å². The number of carbonyl (C=O) groups is 2. The quantitative estimate of drug-likeness (QED) is 0.591. The molecule has 0 saturated heterocycles. The van der Waals surface area contributed by atoms with E-state index in [1.54, 1.807) is 30.1 Å². The van der Waals surface area contributed by atoms with Gasteiger partial charge in [-0.2, -0.15) is 0 Å². The van der Waals surface area contributed by atoms with Crippen molar-refractivity contribution in [3.63, 3.8) is 0 Å². The summed E-state index contributed by atoms with van der Waals surface area (Å²) in [7, 11) is 3.25. The molecule has 6 nitrogen and oxygen atoms in total. The molecular formula is C21H22ClN3O3. The molecular weight excluding hydrogens is 378 g/mol. The van der Waals surface area contributed by atoms with Crippen molar-refractivity contribution in [1.29, 1.82) is 0 Å². The van der Waals surface area contributed by atoms with Crippen LogP contribution in [-0.2, 0) is 4.79 Å². The number of carbonyl (C=O) groups excluding carboxylic acids is 2. The number of Topliss-reactive ketones (excluding diaryl/α,β-unsaturated/α-hetero) is 1. The number of amides is 1. The van der Waals surface area contributed by atoms with E-state index in [0.717, 1.165) is 16.6 Å². The highest BCUT2D eigenvalue weighted by molar-refractivity contribution is 6.31. The van der Waals surface area contributed by atoms with Crippen LogP contribution in [0, 0.1) is 6.92 Å². The number of hydrogen-bond acceptors (Lipinski definition) is 4. The number of benzene rings is 2. The van der Waals surface area contributed by atoms with Gasteiger partial charge in [0.05, 0.1) is 25.9 Å². The minimum Gasteiger partial charge on any atom is -0.495 e. The van der Waals surface area contributed by atoms with Crippen LogP contribution in [-0.4, -0.2) is 48.8 Å². The second kappa shape index (κ2) is 8.46. The number of nitrogens with one attached hydrogen (secondary N) is 2. The van der Waals surface area contributed by atoms with Crippen molar-refractivity contribution in [2.45, 2.75) is 6.92 Å². The number of H-pyrrole nitrogens is 1. The van der Waals surface area contributed by atoms with Crippen molar-refractivity contribution in [1.82, 2.24) is 9.88 Å². The summed E-state index contributed by atoms with van der Waals surface area (Å²) in [5.74, 6) is 0.225. The fourth-order valence-electron chi connectivity index (χ4n) is 3.23. The molecule has 1 heterocycles. The lowest BCUT2D eigenvalue weighted by Gasteiger charge is -2.16. The number of anilines is 1. The maximum absolute atomic E-state index is 12.8. The summed E-state index contributed by atoms with van der Waals surface area (Å²) in [6.45, 7) is 2.07. The Kier molecular flexibility index (Phi) is 6.02. The Labute approximate surface area is 168 Å². The zero-order valence-corrected chi connectivity index (χ0v) is 16.8. The molecule has 0 bridgehead atoms. The number of halogens is 1. The molecule has 0 saturated carbocycles. The highest BCUT2D eigenvalue weighted by Gasteiger charge is 2.19. The Bertz CT molecular complexity index is 1030. The monoisotopic (exact) mass is 399 g/mol. The first-order chi connectivity index (χ1) is 13.4. The van der Waals surface area contributed by atoms with E-state index in [0.29, 0.717) is 22.0 Å². The average molecular weight is 400 g/mol. The highest BCUT2D eigenvalue weighted by atomic mass is 35.5. The lowest BCUT2D eigenvalue weighted by Crippen LogP contribution is -2.34. The van der Waals surface area contributed by atoms with Crippen LogP contribution < -0.4 is 10.1 Å². The molecule has 1 aromatic heterocycles. The molecule has 1 amide bonds. The summed E-state index contributed by atoms with van der Waals surface area (Å²) in [4.78, 5) is 30.1. The average Bonchev–Trinajstić information content (AvgIpc) is 2.97. The molecule has 2 aromatic carbocycles. The van der Waals surface area contributed by atoms with Gasteiger partial charge in [0.15, 0.2) is 5.78 Å². The second-order valence-electron chi connectivity index (χ2n) is 6.66. The fourth-order valence-corrected chi connectivity index (χ4v) is 3.40. The molecule has 3 rings (SSSR count). The van der Waals surface area contributed by atoms with Gasteiger partial charge in [0.2, 0.25) is 5.91 Å². The van der Waals surface area contributed by atoms with Crippen LogP contribution in [0.25, 0.3) is 10.9 Å². The lowest BCUT2D eigenvalue weighted by molar-refractivity contribution is -0.116. The molecule has 0 aliphatic carbocycles. The highest BCUT2D eigenvalue weighted by Crippen LogP contribution is 2.27. The number of methoxy groups -OCH3 is 1.